The van der Waals surface area contributed by atoms with E-state index in [1.165, 1.54) is 5.56 Å². The zero-order valence-corrected chi connectivity index (χ0v) is 12.7. The molecule has 1 aromatic carbocycles. The Hall–Kier alpha value is -1.39. The summed E-state index contributed by atoms with van der Waals surface area (Å²) in [5, 5.41) is 9.05. The maximum absolute atomic E-state index is 12.7. The van der Waals surface area contributed by atoms with Gasteiger partial charge < -0.3 is 10.0 Å². The van der Waals surface area contributed by atoms with Crippen molar-refractivity contribution in [2.45, 2.75) is 32.2 Å². The van der Waals surface area contributed by atoms with E-state index in [0.29, 0.717) is 5.92 Å². The van der Waals surface area contributed by atoms with Gasteiger partial charge in [0.05, 0.1) is 6.04 Å². The maximum Gasteiger partial charge on any atom is 0.244 e. The summed E-state index contributed by atoms with van der Waals surface area (Å²) in [6.45, 7) is 5.08. The van der Waals surface area contributed by atoms with Gasteiger partial charge in [0.15, 0.2) is 0 Å². The van der Waals surface area contributed by atoms with E-state index in [1.807, 2.05) is 17.0 Å². The predicted octanol–water partition coefficient (Wildman–Crippen LogP) is 1.80. The van der Waals surface area contributed by atoms with Crippen LogP contribution in [0.1, 0.15) is 24.8 Å². The predicted molar refractivity (Wildman–Crippen MR) is 83.3 cm³/mol. The van der Waals surface area contributed by atoms with Crippen LogP contribution in [-0.2, 0) is 4.79 Å². The molecule has 3 rings (SSSR count). The molecule has 0 aliphatic carbocycles. The number of amides is 1. The van der Waals surface area contributed by atoms with Crippen molar-refractivity contribution in [1.82, 2.24) is 4.90 Å². The summed E-state index contributed by atoms with van der Waals surface area (Å²) in [4.78, 5) is 16.9. The van der Waals surface area contributed by atoms with Crippen molar-refractivity contribution in [1.29, 1.82) is 0 Å². The number of likely N-dealkylation sites (tertiary alicyclic amines) is 1. The summed E-state index contributed by atoms with van der Waals surface area (Å²) < 4.78 is 0. The molecule has 2 fully saturated rings. The molecule has 1 aromatic rings. The molecule has 2 aliphatic heterocycles. The molecule has 2 saturated heterocycles. The van der Waals surface area contributed by atoms with Crippen molar-refractivity contribution in [2.24, 2.45) is 5.92 Å². The highest BCUT2D eigenvalue weighted by Crippen LogP contribution is 2.29. The van der Waals surface area contributed by atoms with Gasteiger partial charge in [0, 0.05) is 25.4 Å². The van der Waals surface area contributed by atoms with Crippen molar-refractivity contribution in [2.75, 3.05) is 31.1 Å². The molecular weight excluding hydrogens is 264 g/mol. The Morgan fingerprint density at radius 2 is 1.95 bits per heavy atom. The molecule has 0 aromatic heterocycles. The van der Waals surface area contributed by atoms with Gasteiger partial charge in [0.25, 0.3) is 0 Å². The van der Waals surface area contributed by atoms with Gasteiger partial charge in [0.2, 0.25) is 5.91 Å². The monoisotopic (exact) mass is 288 g/mol. The van der Waals surface area contributed by atoms with Crippen LogP contribution in [0, 0.1) is 12.8 Å². The molecule has 1 N–H and O–H groups in total. The molecule has 1 amide bonds. The maximum atomic E-state index is 12.7. The highest BCUT2D eigenvalue weighted by molar-refractivity contribution is 5.99. The van der Waals surface area contributed by atoms with Crippen molar-refractivity contribution in [3.05, 3.63) is 29.8 Å². The van der Waals surface area contributed by atoms with Crippen LogP contribution < -0.4 is 4.90 Å². The summed E-state index contributed by atoms with van der Waals surface area (Å²) in [6, 6.07) is 8.23. The molecule has 0 radical (unpaired) electrons. The Morgan fingerprint density at radius 3 is 2.67 bits per heavy atom. The number of carbonyl (C=O) groups excluding carboxylic acids is 1. The zero-order chi connectivity index (χ0) is 14.8. The molecular formula is C17H24N2O2. The molecule has 2 atom stereocenters. The van der Waals surface area contributed by atoms with Crippen LogP contribution in [0.15, 0.2) is 24.3 Å². The fourth-order valence-electron chi connectivity index (χ4n) is 3.55. The lowest BCUT2D eigenvalue weighted by atomic mass is 10.1. The minimum absolute atomic E-state index is 0.0370. The van der Waals surface area contributed by atoms with E-state index < -0.39 is 0 Å². The van der Waals surface area contributed by atoms with Gasteiger partial charge in [-0.3, -0.25) is 9.69 Å². The lowest BCUT2D eigenvalue weighted by Gasteiger charge is -2.23. The Morgan fingerprint density at radius 1 is 1.19 bits per heavy atom. The van der Waals surface area contributed by atoms with Crippen molar-refractivity contribution in [3.8, 4) is 0 Å². The van der Waals surface area contributed by atoms with Crippen LogP contribution in [0.25, 0.3) is 0 Å². The largest absolute Gasteiger partial charge is 0.396 e. The highest BCUT2D eigenvalue weighted by Gasteiger charge is 2.39. The van der Waals surface area contributed by atoms with Gasteiger partial charge in [-0.25, -0.2) is 0 Å². The number of anilines is 1. The third kappa shape index (κ3) is 2.97. The van der Waals surface area contributed by atoms with Crippen LogP contribution in [0.5, 0.6) is 0 Å². The van der Waals surface area contributed by atoms with Gasteiger partial charge >= 0.3 is 0 Å². The fourth-order valence-corrected chi connectivity index (χ4v) is 3.55. The molecule has 0 saturated carbocycles. The standard InChI is InChI=1S/C17H24N2O2/c1-13-2-4-15(5-3-13)19-10-7-16(17(19)21)18-9-6-14(12-18)8-11-20/h2-5,14,16,20H,6-12H2,1H3. The first-order valence-corrected chi connectivity index (χ1v) is 7.92. The summed E-state index contributed by atoms with van der Waals surface area (Å²) in [5.41, 5.74) is 2.23. The Balaban J connectivity index is 1.65. The normalized spacial score (nSPS) is 26.8. The smallest absolute Gasteiger partial charge is 0.244 e. The molecule has 0 bridgehead atoms. The Labute approximate surface area is 126 Å². The van der Waals surface area contributed by atoms with Crippen molar-refractivity contribution >= 4 is 11.6 Å². The first kappa shape index (κ1) is 14.5. The Bertz CT molecular complexity index is 500. The molecule has 4 heteroatoms. The van der Waals surface area contributed by atoms with E-state index in [-0.39, 0.29) is 18.6 Å². The third-order valence-electron chi connectivity index (χ3n) is 4.82. The number of rotatable bonds is 4. The number of nitrogens with zero attached hydrogens (tertiary/aromatic N) is 2. The van der Waals surface area contributed by atoms with E-state index in [4.69, 9.17) is 5.11 Å². The number of aliphatic hydroxyl groups is 1. The first-order chi connectivity index (χ1) is 10.2. The first-order valence-electron chi connectivity index (χ1n) is 7.92. The highest BCUT2D eigenvalue weighted by atomic mass is 16.3. The molecule has 0 spiro atoms. The minimum atomic E-state index is 0.0370. The van der Waals surface area contributed by atoms with E-state index in [9.17, 15) is 4.79 Å². The second kappa shape index (κ2) is 6.16. The third-order valence-corrected chi connectivity index (χ3v) is 4.82. The average molecular weight is 288 g/mol. The van der Waals surface area contributed by atoms with E-state index in [1.54, 1.807) is 0 Å². The van der Waals surface area contributed by atoms with Gasteiger partial charge in [-0.05, 0) is 50.8 Å². The van der Waals surface area contributed by atoms with Crippen LogP contribution in [-0.4, -0.2) is 48.2 Å². The van der Waals surface area contributed by atoms with E-state index in [2.05, 4.69) is 24.0 Å². The number of benzene rings is 1. The summed E-state index contributed by atoms with van der Waals surface area (Å²) >= 11 is 0. The number of carbonyl (C=O) groups is 1. The number of hydrogen-bond acceptors (Lipinski definition) is 3. The van der Waals surface area contributed by atoms with Crippen molar-refractivity contribution < 1.29 is 9.90 Å². The SMILES string of the molecule is Cc1ccc(N2CCC(N3CCC(CCO)C3)C2=O)cc1. The topological polar surface area (TPSA) is 43.8 Å². The molecule has 2 unspecified atom stereocenters. The van der Waals surface area contributed by atoms with Crippen LogP contribution in [0.4, 0.5) is 5.69 Å². The van der Waals surface area contributed by atoms with Crippen molar-refractivity contribution in [3.63, 3.8) is 0 Å². The van der Waals surface area contributed by atoms with Crippen LogP contribution in [0.3, 0.4) is 0 Å². The second-order valence-electron chi connectivity index (χ2n) is 6.29. The van der Waals surface area contributed by atoms with Gasteiger partial charge in [0.1, 0.15) is 0 Å². The average Bonchev–Trinajstić information content (AvgIpc) is 3.07. The van der Waals surface area contributed by atoms with Gasteiger partial charge in [-0.15, -0.1) is 0 Å². The van der Waals surface area contributed by atoms with Gasteiger partial charge in [-0.2, -0.15) is 0 Å². The number of hydrogen-bond donors (Lipinski definition) is 1. The van der Waals surface area contributed by atoms with Crippen LogP contribution in [0.2, 0.25) is 0 Å². The lowest BCUT2D eigenvalue weighted by Crippen LogP contribution is -2.40. The van der Waals surface area contributed by atoms with Crippen LogP contribution >= 0.6 is 0 Å². The zero-order valence-electron chi connectivity index (χ0n) is 12.7. The minimum Gasteiger partial charge on any atom is -0.396 e. The number of aliphatic hydroxyl groups excluding tert-OH is 1. The number of aryl methyl sites for hydroxylation is 1. The second-order valence-corrected chi connectivity index (χ2v) is 6.29. The molecule has 4 nitrogen and oxygen atoms in total. The van der Waals surface area contributed by atoms with E-state index >= 15 is 0 Å². The summed E-state index contributed by atoms with van der Waals surface area (Å²) in [6.07, 6.45) is 2.88. The molecule has 2 heterocycles. The molecule has 21 heavy (non-hydrogen) atoms. The summed E-state index contributed by atoms with van der Waals surface area (Å²) in [5.74, 6) is 0.791. The van der Waals surface area contributed by atoms with E-state index in [0.717, 1.165) is 44.6 Å². The summed E-state index contributed by atoms with van der Waals surface area (Å²) in [7, 11) is 0. The van der Waals surface area contributed by atoms with Gasteiger partial charge in [-0.1, -0.05) is 17.7 Å². The quantitative estimate of drug-likeness (QED) is 0.919. The fraction of sp³-hybridized carbons (Fsp3) is 0.588. The Kier molecular flexibility index (Phi) is 4.27. The molecule has 2 aliphatic rings. The molecule has 114 valence electrons. The lowest BCUT2D eigenvalue weighted by molar-refractivity contribution is -0.121.